The van der Waals surface area contributed by atoms with E-state index in [2.05, 4.69) is 10.3 Å². The molecule has 1 N–H and O–H groups in total. The minimum absolute atomic E-state index is 0.0470. The quantitative estimate of drug-likeness (QED) is 0.378. The summed E-state index contributed by atoms with van der Waals surface area (Å²) >= 11 is 14.1. The number of thioether (sulfide) groups is 1. The average molecular weight is 506 g/mol. The molecule has 1 aliphatic rings. The van der Waals surface area contributed by atoms with Crippen LogP contribution in [0.25, 0.3) is 0 Å². The highest BCUT2D eigenvalue weighted by molar-refractivity contribution is 7.99. The molecular formula is C24H25Cl2N3O3S. The Morgan fingerprint density at radius 2 is 2.09 bits per heavy atom. The average Bonchev–Trinajstić information content (AvgIpc) is 3.43. The Morgan fingerprint density at radius 3 is 2.79 bits per heavy atom. The molecule has 1 fully saturated rings. The number of nitrogens with one attached hydrogen (secondary N) is 1. The van der Waals surface area contributed by atoms with Crippen LogP contribution >= 0.6 is 35.0 Å². The fraction of sp³-hybridized carbons (Fsp3) is 0.333. The number of hydrogen-bond acceptors (Lipinski definition) is 5. The molecule has 3 aromatic rings. The highest BCUT2D eigenvalue weighted by atomic mass is 35.5. The van der Waals surface area contributed by atoms with Crippen molar-refractivity contribution >= 4 is 46.6 Å². The number of aryl methyl sites for hydroxylation is 1. The SMILES string of the molecule is CC(=O)Nc1ccc(SC[C@H]2CO[C@@](CCc3ccc(Cl)cc3Cl)(Cn3ccnc3)O2)cc1. The smallest absolute Gasteiger partial charge is 0.221 e. The van der Waals surface area contributed by atoms with E-state index in [0.717, 1.165) is 21.9 Å². The van der Waals surface area contributed by atoms with Crippen molar-refractivity contribution in [2.75, 3.05) is 17.7 Å². The summed E-state index contributed by atoms with van der Waals surface area (Å²) in [6.45, 7) is 2.56. The zero-order valence-corrected chi connectivity index (χ0v) is 20.5. The summed E-state index contributed by atoms with van der Waals surface area (Å²) < 4.78 is 14.7. The largest absolute Gasteiger partial charge is 0.345 e. The van der Waals surface area contributed by atoms with Crippen LogP contribution in [0.15, 0.2) is 66.1 Å². The highest BCUT2D eigenvalue weighted by Crippen LogP contribution is 2.34. The van der Waals surface area contributed by atoms with Gasteiger partial charge in [-0.3, -0.25) is 4.79 Å². The molecule has 0 spiro atoms. The normalized spacial score (nSPS) is 20.2. The van der Waals surface area contributed by atoms with E-state index in [9.17, 15) is 4.79 Å². The molecule has 1 amide bonds. The van der Waals surface area contributed by atoms with Gasteiger partial charge in [0.25, 0.3) is 0 Å². The summed E-state index contributed by atoms with van der Waals surface area (Å²) in [5.41, 5.74) is 1.79. The number of nitrogens with zero attached hydrogens (tertiary/aromatic N) is 2. The second kappa shape index (κ2) is 10.9. The van der Waals surface area contributed by atoms with Crippen molar-refractivity contribution < 1.29 is 14.3 Å². The number of halogens is 2. The second-order valence-electron chi connectivity index (χ2n) is 7.95. The van der Waals surface area contributed by atoms with Crippen molar-refractivity contribution in [3.8, 4) is 0 Å². The van der Waals surface area contributed by atoms with Crippen LogP contribution in [0, 0.1) is 0 Å². The molecule has 2 atom stereocenters. The van der Waals surface area contributed by atoms with Gasteiger partial charge in [-0.2, -0.15) is 0 Å². The molecule has 2 heterocycles. The van der Waals surface area contributed by atoms with Crippen molar-refractivity contribution in [2.45, 2.75) is 43.1 Å². The molecule has 4 rings (SSSR count). The lowest BCUT2D eigenvalue weighted by atomic mass is 10.0. The molecule has 9 heteroatoms. The summed E-state index contributed by atoms with van der Waals surface area (Å²) in [6, 6.07) is 13.3. The summed E-state index contributed by atoms with van der Waals surface area (Å²) in [4.78, 5) is 16.4. The standard InChI is InChI=1S/C24H25Cl2N3O3S/c1-17(30)28-20-4-6-22(7-5-20)33-14-21-13-31-24(32-21,15-29-11-10-27-16-29)9-8-18-2-3-19(25)12-23(18)26/h2-7,10-12,16,21H,8-9,13-15H2,1H3,(H,28,30)/t21-,24-/m1/s1. The topological polar surface area (TPSA) is 65.4 Å². The minimum atomic E-state index is -0.760. The zero-order valence-electron chi connectivity index (χ0n) is 18.2. The van der Waals surface area contributed by atoms with Gasteiger partial charge in [0.2, 0.25) is 5.91 Å². The van der Waals surface area contributed by atoms with Gasteiger partial charge in [0, 0.05) is 52.1 Å². The van der Waals surface area contributed by atoms with Crippen LogP contribution in [0.1, 0.15) is 18.9 Å². The van der Waals surface area contributed by atoms with Crippen molar-refractivity contribution in [2.24, 2.45) is 0 Å². The van der Waals surface area contributed by atoms with Gasteiger partial charge in [-0.1, -0.05) is 29.3 Å². The number of rotatable bonds is 9. The molecule has 1 aliphatic heterocycles. The third-order valence-electron chi connectivity index (χ3n) is 5.30. The third kappa shape index (κ3) is 6.74. The summed E-state index contributed by atoms with van der Waals surface area (Å²) in [7, 11) is 0. The third-order valence-corrected chi connectivity index (χ3v) is 7.03. The number of amides is 1. The van der Waals surface area contributed by atoms with E-state index in [0.29, 0.717) is 36.0 Å². The Morgan fingerprint density at radius 1 is 1.27 bits per heavy atom. The number of carbonyl (C=O) groups excluding carboxylic acids is 1. The number of anilines is 1. The van der Waals surface area contributed by atoms with E-state index in [1.165, 1.54) is 6.92 Å². The second-order valence-corrected chi connectivity index (χ2v) is 9.89. The van der Waals surface area contributed by atoms with Crippen LogP contribution in [0.3, 0.4) is 0 Å². The number of ether oxygens (including phenoxy) is 2. The van der Waals surface area contributed by atoms with Crippen molar-refractivity contribution in [3.05, 3.63) is 76.8 Å². The molecule has 0 radical (unpaired) electrons. The molecule has 1 aromatic heterocycles. The molecule has 6 nitrogen and oxygen atoms in total. The predicted octanol–water partition coefficient (Wildman–Crippen LogP) is 5.69. The lowest BCUT2D eigenvalue weighted by Gasteiger charge is -2.29. The van der Waals surface area contributed by atoms with E-state index in [1.54, 1.807) is 30.4 Å². The van der Waals surface area contributed by atoms with Gasteiger partial charge in [-0.25, -0.2) is 4.98 Å². The minimum Gasteiger partial charge on any atom is -0.345 e. The molecule has 0 bridgehead atoms. The molecule has 0 aliphatic carbocycles. The monoisotopic (exact) mass is 505 g/mol. The highest BCUT2D eigenvalue weighted by Gasteiger charge is 2.41. The zero-order chi connectivity index (χ0) is 23.3. The van der Waals surface area contributed by atoms with Gasteiger partial charge in [-0.05, 0) is 48.4 Å². The van der Waals surface area contributed by atoms with Crippen LogP contribution in [0.2, 0.25) is 10.0 Å². The summed E-state index contributed by atoms with van der Waals surface area (Å²) in [5, 5.41) is 4.04. The van der Waals surface area contributed by atoms with Gasteiger partial charge in [0.05, 0.1) is 25.6 Å². The van der Waals surface area contributed by atoms with E-state index in [-0.39, 0.29) is 12.0 Å². The summed E-state index contributed by atoms with van der Waals surface area (Å²) in [6.07, 6.45) is 6.73. The summed E-state index contributed by atoms with van der Waals surface area (Å²) in [5.74, 6) is -0.0853. The van der Waals surface area contributed by atoms with Crippen molar-refractivity contribution in [1.29, 1.82) is 0 Å². The Labute approximate surface area is 207 Å². The van der Waals surface area contributed by atoms with Gasteiger partial charge in [0.15, 0.2) is 5.79 Å². The first-order valence-electron chi connectivity index (χ1n) is 10.6. The number of benzene rings is 2. The van der Waals surface area contributed by atoms with Crippen LogP contribution < -0.4 is 5.32 Å². The fourth-order valence-corrected chi connectivity index (χ4v) is 5.10. The number of carbonyl (C=O) groups is 1. The van der Waals surface area contributed by atoms with E-state index in [1.807, 2.05) is 47.2 Å². The Hall–Kier alpha value is -2.03. The first kappa shape index (κ1) is 24.1. The lowest BCUT2D eigenvalue weighted by molar-refractivity contribution is -0.180. The lowest BCUT2D eigenvalue weighted by Crippen LogP contribution is -2.37. The number of hydrogen-bond donors (Lipinski definition) is 1. The fourth-order valence-electron chi connectivity index (χ4n) is 3.73. The van der Waals surface area contributed by atoms with Gasteiger partial charge in [0.1, 0.15) is 0 Å². The number of imidazole rings is 1. The van der Waals surface area contributed by atoms with Crippen LogP contribution in [-0.2, 0) is 27.2 Å². The molecular weight excluding hydrogens is 481 g/mol. The van der Waals surface area contributed by atoms with Crippen LogP contribution in [0.5, 0.6) is 0 Å². The maximum Gasteiger partial charge on any atom is 0.221 e. The van der Waals surface area contributed by atoms with Crippen molar-refractivity contribution in [1.82, 2.24) is 9.55 Å². The predicted molar refractivity (Wildman–Crippen MR) is 132 cm³/mol. The molecule has 1 saturated heterocycles. The number of aromatic nitrogens is 2. The maximum absolute atomic E-state index is 11.2. The van der Waals surface area contributed by atoms with E-state index >= 15 is 0 Å². The maximum atomic E-state index is 11.2. The molecule has 33 heavy (non-hydrogen) atoms. The first-order chi connectivity index (χ1) is 15.9. The van der Waals surface area contributed by atoms with Gasteiger partial charge < -0.3 is 19.4 Å². The molecule has 174 valence electrons. The Kier molecular flexibility index (Phi) is 7.98. The van der Waals surface area contributed by atoms with Gasteiger partial charge in [-0.15, -0.1) is 11.8 Å². The van der Waals surface area contributed by atoms with Crippen LogP contribution in [0.4, 0.5) is 5.69 Å². The Bertz CT molecular complexity index is 1080. The molecule has 0 unspecified atom stereocenters. The van der Waals surface area contributed by atoms with E-state index < -0.39 is 5.79 Å². The van der Waals surface area contributed by atoms with Crippen LogP contribution in [-0.4, -0.2) is 39.7 Å². The molecule has 2 aromatic carbocycles. The van der Waals surface area contributed by atoms with E-state index in [4.69, 9.17) is 32.7 Å². The van der Waals surface area contributed by atoms with Crippen molar-refractivity contribution in [3.63, 3.8) is 0 Å². The van der Waals surface area contributed by atoms with Gasteiger partial charge >= 0.3 is 0 Å². The first-order valence-corrected chi connectivity index (χ1v) is 12.4. The molecule has 0 saturated carbocycles. The Balaban J connectivity index is 1.38.